The molecule has 2 fully saturated rings. The van der Waals surface area contributed by atoms with Crippen molar-refractivity contribution in [3.05, 3.63) is 17.0 Å². The minimum Gasteiger partial charge on any atom is -0.337 e. The predicted molar refractivity (Wildman–Crippen MR) is 79.5 cm³/mol. The van der Waals surface area contributed by atoms with Crippen LogP contribution < -0.4 is 0 Å². The van der Waals surface area contributed by atoms with Gasteiger partial charge in [0.25, 0.3) is 0 Å². The van der Waals surface area contributed by atoms with E-state index in [-0.39, 0.29) is 11.8 Å². The molecule has 0 aromatic carbocycles. The molecule has 6 heteroatoms. The van der Waals surface area contributed by atoms with Crippen molar-refractivity contribution in [3.8, 4) is 0 Å². The second-order valence-corrected chi connectivity index (χ2v) is 6.81. The molecule has 1 aliphatic carbocycles. The monoisotopic (exact) mass is 302 g/mol. The van der Waals surface area contributed by atoms with Crippen molar-refractivity contribution < 1.29 is 9.59 Å². The summed E-state index contributed by atoms with van der Waals surface area (Å²) in [6.07, 6.45) is 4.70. The minimum atomic E-state index is 0.221. The SMILES string of the molecule is Cn1nc(CN2CCCC2=O)c2c1CN(C(=O)CC1CC1)C2. The van der Waals surface area contributed by atoms with Crippen LogP contribution in [0.2, 0.25) is 0 Å². The lowest BCUT2D eigenvalue weighted by molar-refractivity contribution is -0.132. The lowest BCUT2D eigenvalue weighted by Crippen LogP contribution is -2.27. The number of rotatable bonds is 4. The van der Waals surface area contributed by atoms with E-state index in [1.165, 1.54) is 12.8 Å². The molecular weight excluding hydrogens is 280 g/mol. The fourth-order valence-electron chi connectivity index (χ4n) is 3.52. The molecule has 2 amide bonds. The summed E-state index contributed by atoms with van der Waals surface area (Å²) in [7, 11) is 1.93. The molecule has 0 bridgehead atoms. The lowest BCUT2D eigenvalue weighted by atomic mass is 10.2. The zero-order chi connectivity index (χ0) is 15.3. The third-order valence-electron chi connectivity index (χ3n) is 5.07. The number of hydrogen-bond donors (Lipinski definition) is 0. The third-order valence-corrected chi connectivity index (χ3v) is 5.07. The molecular formula is C16H22N4O2. The van der Waals surface area contributed by atoms with Gasteiger partial charge in [-0.2, -0.15) is 5.10 Å². The molecule has 22 heavy (non-hydrogen) atoms. The van der Waals surface area contributed by atoms with Gasteiger partial charge in [-0.05, 0) is 25.2 Å². The maximum Gasteiger partial charge on any atom is 0.223 e. The van der Waals surface area contributed by atoms with Crippen LogP contribution >= 0.6 is 0 Å². The zero-order valence-corrected chi connectivity index (χ0v) is 13.0. The Morgan fingerprint density at radius 2 is 2.14 bits per heavy atom. The van der Waals surface area contributed by atoms with Crippen molar-refractivity contribution in [1.29, 1.82) is 0 Å². The summed E-state index contributed by atoms with van der Waals surface area (Å²) >= 11 is 0. The first kappa shape index (κ1) is 13.8. The molecule has 6 nitrogen and oxygen atoms in total. The Labute approximate surface area is 130 Å². The highest BCUT2D eigenvalue weighted by Gasteiger charge is 2.33. The van der Waals surface area contributed by atoms with Gasteiger partial charge in [-0.15, -0.1) is 0 Å². The molecule has 0 unspecified atom stereocenters. The van der Waals surface area contributed by atoms with E-state index in [2.05, 4.69) is 5.10 Å². The standard InChI is InChI=1S/C16H22N4O2/c1-18-14-10-20(16(22)7-11-4-5-11)8-12(14)13(17-18)9-19-6-2-3-15(19)21/h11H,2-10H2,1H3. The Hall–Kier alpha value is -1.85. The summed E-state index contributed by atoms with van der Waals surface area (Å²) in [5.41, 5.74) is 3.26. The fraction of sp³-hybridized carbons (Fsp3) is 0.688. The maximum atomic E-state index is 12.3. The molecule has 3 heterocycles. The second kappa shape index (κ2) is 5.11. The van der Waals surface area contributed by atoms with E-state index < -0.39 is 0 Å². The van der Waals surface area contributed by atoms with Gasteiger partial charge in [0, 0.05) is 38.5 Å². The molecule has 0 spiro atoms. The van der Waals surface area contributed by atoms with Gasteiger partial charge < -0.3 is 9.80 Å². The topological polar surface area (TPSA) is 58.4 Å². The summed E-state index contributed by atoms with van der Waals surface area (Å²) in [6, 6.07) is 0. The molecule has 0 atom stereocenters. The summed E-state index contributed by atoms with van der Waals surface area (Å²) < 4.78 is 1.88. The molecule has 1 saturated heterocycles. The van der Waals surface area contributed by atoms with Crippen LogP contribution in [0.25, 0.3) is 0 Å². The van der Waals surface area contributed by atoms with E-state index in [4.69, 9.17) is 0 Å². The van der Waals surface area contributed by atoms with Crippen LogP contribution in [0.1, 0.15) is 49.1 Å². The quantitative estimate of drug-likeness (QED) is 0.839. The Balaban J connectivity index is 1.49. The van der Waals surface area contributed by atoms with Crippen LogP contribution in [0.3, 0.4) is 0 Å². The van der Waals surface area contributed by atoms with E-state index in [1.54, 1.807) is 0 Å². The largest absolute Gasteiger partial charge is 0.337 e. The highest BCUT2D eigenvalue weighted by atomic mass is 16.2. The van der Waals surface area contributed by atoms with Gasteiger partial charge in [-0.3, -0.25) is 14.3 Å². The molecule has 1 aromatic rings. The maximum absolute atomic E-state index is 12.3. The Bertz CT molecular complexity index is 632. The Kier molecular flexibility index (Phi) is 3.20. The molecule has 0 radical (unpaired) electrons. The van der Waals surface area contributed by atoms with Crippen molar-refractivity contribution in [2.45, 2.75) is 51.7 Å². The predicted octanol–water partition coefficient (Wildman–Crippen LogP) is 1.18. The summed E-state index contributed by atoms with van der Waals surface area (Å²) in [6.45, 7) is 2.74. The molecule has 118 valence electrons. The summed E-state index contributed by atoms with van der Waals surface area (Å²) in [4.78, 5) is 28.0. The van der Waals surface area contributed by atoms with E-state index in [0.717, 1.165) is 29.9 Å². The van der Waals surface area contributed by atoms with Crippen molar-refractivity contribution in [2.24, 2.45) is 13.0 Å². The zero-order valence-electron chi connectivity index (χ0n) is 13.0. The summed E-state index contributed by atoms with van der Waals surface area (Å²) in [5, 5.41) is 4.58. The van der Waals surface area contributed by atoms with E-state index in [0.29, 0.717) is 38.4 Å². The smallest absolute Gasteiger partial charge is 0.223 e. The number of aromatic nitrogens is 2. The van der Waals surface area contributed by atoms with Crippen molar-refractivity contribution in [1.82, 2.24) is 19.6 Å². The van der Waals surface area contributed by atoms with Gasteiger partial charge in [-0.25, -0.2) is 0 Å². The van der Waals surface area contributed by atoms with Crippen LogP contribution in [-0.4, -0.2) is 37.9 Å². The number of hydrogen-bond acceptors (Lipinski definition) is 3. The highest BCUT2D eigenvalue weighted by Crippen LogP contribution is 2.35. The Morgan fingerprint density at radius 1 is 1.32 bits per heavy atom. The molecule has 0 N–H and O–H groups in total. The van der Waals surface area contributed by atoms with E-state index in [9.17, 15) is 9.59 Å². The van der Waals surface area contributed by atoms with E-state index >= 15 is 0 Å². The number of likely N-dealkylation sites (tertiary alicyclic amines) is 1. The van der Waals surface area contributed by atoms with Gasteiger partial charge in [-0.1, -0.05) is 0 Å². The van der Waals surface area contributed by atoms with Gasteiger partial charge in [0.15, 0.2) is 0 Å². The first-order valence-corrected chi connectivity index (χ1v) is 8.21. The number of nitrogens with zero attached hydrogens (tertiary/aromatic N) is 4. The number of fused-ring (bicyclic) bond motifs is 1. The van der Waals surface area contributed by atoms with Crippen LogP contribution in [0, 0.1) is 5.92 Å². The molecule has 1 saturated carbocycles. The second-order valence-electron chi connectivity index (χ2n) is 6.81. The fourth-order valence-corrected chi connectivity index (χ4v) is 3.52. The molecule has 1 aromatic heterocycles. The van der Waals surface area contributed by atoms with Gasteiger partial charge in [0.05, 0.1) is 24.5 Å². The average molecular weight is 302 g/mol. The van der Waals surface area contributed by atoms with Gasteiger partial charge in [0.1, 0.15) is 0 Å². The van der Waals surface area contributed by atoms with Crippen LogP contribution in [-0.2, 0) is 36.3 Å². The van der Waals surface area contributed by atoms with Crippen LogP contribution in [0.4, 0.5) is 0 Å². The van der Waals surface area contributed by atoms with Crippen LogP contribution in [0.15, 0.2) is 0 Å². The molecule has 2 aliphatic heterocycles. The van der Waals surface area contributed by atoms with E-state index in [1.807, 2.05) is 21.5 Å². The number of amides is 2. The van der Waals surface area contributed by atoms with Gasteiger partial charge in [0.2, 0.25) is 11.8 Å². The van der Waals surface area contributed by atoms with Crippen LogP contribution in [0.5, 0.6) is 0 Å². The summed E-state index contributed by atoms with van der Waals surface area (Å²) in [5.74, 6) is 1.11. The average Bonchev–Trinajstić information content (AvgIpc) is 2.93. The number of carbonyl (C=O) groups excluding carboxylic acids is 2. The lowest BCUT2D eigenvalue weighted by Gasteiger charge is -2.17. The normalized spacial score (nSPS) is 20.9. The number of carbonyl (C=O) groups is 2. The van der Waals surface area contributed by atoms with Crippen molar-refractivity contribution >= 4 is 11.8 Å². The Morgan fingerprint density at radius 3 is 2.82 bits per heavy atom. The first-order valence-electron chi connectivity index (χ1n) is 8.21. The minimum absolute atomic E-state index is 0.221. The number of aryl methyl sites for hydroxylation is 1. The van der Waals surface area contributed by atoms with Crippen molar-refractivity contribution in [2.75, 3.05) is 6.54 Å². The molecule has 3 aliphatic rings. The van der Waals surface area contributed by atoms with Crippen molar-refractivity contribution in [3.63, 3.8) is 0 Å². The third kappa shape index (κ3) is 2.40. The molecule has 4 rings (SSSR count). The first-order chi connectivity index (χ1) is 10.6. The highest BCUT2D eigenvalue weighted by molar-refractivity contribution is 5.78. The van der Waals surface area contributed by atoms with Gasteiger partial charge >= 0.3 is 0 Å².